The van der Waals surface area contributed by atoms with E-state index < -0.39 is 12.6 Å². The molecule has 3 rings (SSSR count). The van der Waals surface area contributed by atoms with Gasteiger partial charge in [-0.1, -0.05) is 46.9 Å². The number of benzene rings is 2. The quantitative estimate of drug-likeness (QED) is 0.522. The Morgan fingerprint density at radius 2 is 1.79 bits per heavy atom. The standard InChI is InChI=1S/C16H10Cl3F3N2/c17-10-3-1-2-9(6-10)8-24-12-5-4-11(18)14(19)15(12)23-13(24)7-16(20,21)22/h1-6H,7-8H2. The Hall–Kier alpha value is -1.43. The van der Waals surface area contributed by atoms with E-state index >= 15 is 0 Å². The van der Waals surface area contributed by atoms with Crippen LogP contribution in [0.5, 0.6) is 0 Å². The van der Waals surface area contributed by atoms with E-state index in [0.29, 0.717) is 10.5 Å². The summed E-state index contributed by atoms with van der Waals surface area (Å²) in [6, 6.07) is 10.1. The Morgan fingerprint density at radius 1 is 1.04 bits per heavy atom. The molecule has 0 bridgehead atoms. The van der Waals surface area contributed by atoms with Crippen LogP contribution in [-0.2, 0) is 13.0 Å². The molecular weight excluding hydrogens is 384 g/mol. The van der Waals surface area contributed by atoms with Crippen molar-refractivity contribution in [2.75, 3.05) is 0 Å². The molecule has 0 unspecified atom stereocenters. The monoisotopic (exact) mass is 392 g/mol. The first-order valence-electron chi connectivity index (χ1n) is 6.89. The molecule has 126 valence electrons. The fraction of sp³-hybridized carbons (Fsp3) is 0.188. The molecule has 1 aromatic heterocycles. The number of hydrogen-bond acceptors (Lipinski definition) is 1. The first-order valence-corrected chi connectivity index (χ1v) is 8.02. The Labute approximate surface area is 150 Å². The number of hydrogen-bond donors (Lipinski definition) is 0. The van der Waals surface area contributed by atoms with Crippen LogP contribution in [0.1, 0.15) is 11.4 Å². The third-order valence-electron chi connectivity index (χ3n) is 3.48. The van der Waals surface area contributed by atoms with E-state index in [2.05, 4.69) is 4.98 Å². The van der Waals surface area contributed by atoms with Crippen LogP contribution in [0.15, 0.2) is 36.4 Å². The average molecular weight is 394 g/mol. The molecule has 2 aromatic carbocycles. The number of alkyl halides is 3. The summed E-state index contributed by atoms with van der Waals surface area (Å²) in [5.41, 5.74) is 1.50. The van der Waals surface area contributed by atoms with Crippen molar-refractivity contribution in [3.63, 3.8) is 0 Å². The molecule has 3 aromatic rings. The van der Waals surface area contributed by atoms with E-state index in [4.69, 9.17) is 34.8 Å². The van der Waals surface area contributed by atoms with Gasteiger partial charge in [-0.3, -0.25) is 0 Å². The van der Waals surface area contributed by atoms with Crippen molar-refractivity contribution in [1.82, 2.24) is 9.55 Å². The molecule has 1 heterocycles. The summed E-state index contributed by atoms with van der Waals surface area (Å²) in [5, 5.41) is 0.896. The fourth-order valence-corrected chi connectivity index (χ4v) is 3.06. The largest absolute Gasteiger partial charge is 0.396 e. The van der Waals surface area contributed by atoms with Gasteiger partial charge in [-0.2, -0.15) is 13.2 Å². The van der Waals surface area contributed by atoms with Crippen molar-refractivity contribution in [3.8, 4) is 0 Å². The molecule has 0 aliphatic rings. The molecular formula is C16H10Cl3F3N2. The second-order valence-corrected chi connectivity index (χ2v) is 6.49. The van der Waals surface area contributed by atoms with Gasteiger partial charge in [0.15, 0.2) is 0 Å². The summed E-state index contributed by atoms with van der Waals surface area (Å²) in [6.45, 7) is 0.195. The molecule has 0 saturated heterocycles. The van der Waals surface area contributed by atoms with Crippen molar-refractivity contribution in [2.24, 2.45) is 0 Å². The van der Waals surface area contributed by atoms with Crippen LogP contribution < -0.4 is 0 Å². The molecule has 0 aliphatic carbocycles. The van der Waals surface area contributed by atoms with Crippen molar-refractivity contribution < 1.29 is 13.2 Å². The minimum absolute atomic E-state index is 0.123. The Balaban J connectivity index is 2.15. The number of nitrogens with zero attached hydrogens (tertiary/aromatic N) is 2. The van der Waals surface area contributed by atoms with E-state index in [1.165, 1.54) is 4.57 Å². The summed E-state index contributed by atoms with van der Waals surface area (Å²) in [5.74, 6) is -0.123. The van der Waals surface area contributed by atoms with Crippen molar-refractivity contribution in [1.29, 1.82) is 0 Å². The fourth-order valence-electron chi connectivity index (χ4n) is 2.49. The van der Waals surface area contributed by atoms with Crippen LogP contribution in [0.4, 0.5) is 13.2 Å². The van der Waals surface area contributed by atoms with Crippen LogP contribution >= 0.6 is 34.8 Å². The highest BCUT2D eigenvalue weighted by Gasteiger charge is 2.31. The Kier molecular flexibility index (Phi) is 4.69. The van der Waals surface area contributed by atoms with Gasteiger partial charge >= 0.3 is 6.18 Å². The normalized spacial score (nSPS) is 12.1. The van der Waals surface area contributed by atoms with Crippen LogP contribution in [0.2, 0.25) is 15.1 Å². The van der Waals surface area contributed by atoms with Gasteiger partial charge in [-0.25, -0.2) is 4.98 Å². The predicted octanol–water partition coefficient (Wildman–Crippen LogP) is 6.15. The lowest BCUT2D eigenvalue weighted by molar-refractivity contribution is -0.128. The van der Waals surface area contributed by atoms with E-state index in [1.54, 1.807) is 36.4 Å². The highest BCUT2D eigenvalue weighted by atomic mass is 35.5. The average Bonchev–Trinajstić information content (AvgIpc) is 2.80. The number of halogens is 6. The lowest BCUT2D eigenvalue weighted by atomic mass is 10.2. The van der Waals surface area contributed by atoms with Gasteiger partial charge in [0.2, 0.25) is 0 Å². The molecule has 0 N–H and O–H groups in total. The number of aromatic nitrogens is 2. The van der Waals surface area contributed by atoms with Gasteiger partial charge in [0, 0.05) is 11.6 Å². The topological polar surface area (TPSA) is 17.8 Å². The zero-order valence-corrected chi connectivity index (χ0v) is 14.3. The summed E-state index contributed by atoms with van der Waals surface area (Å²) >= 11 is 18.0. The van der Waals surface area contributed by atoms with Crippen LogP contribution in [0, 0.1) is 0 Å². The second kappa shape index (κ2) is 6.47. The number of rotatable bonds is 3. The van der Waals surface area contributed by atoms with E-state index in [1.807, 2.05) is 0 Å². The summed E-state index contributed by atoms with van der Waals surface area (Å²) in [6.07, 6.45) is -5.54. The lowest BCUT2D eigenvalue weighted by Gasteiger charge is -2.11. The van der Waals surface area contributed by atoms with Crippen molar-refractivity contribution in [3.05, 3.63) is 62.9 Å². The third kappa shape index (κ3) is 3.63. The highest BCUT2D eigenvalue weighted by Crippen LogP contribution is 2.33. The first-order chi connectivity index (χ1) is 11.2. The molecule has 0 amide bonds. The zero-order chi connectivity index (χ0) is 17.5. The summed E-state index contributed by atoms with van der Waals surface area (Å²) in [4.78, 5) is 4.07. The van der Waals surface area contributed by atoms with Crippen molar-refractivity contribution >= 4 is 45.8 Å². The maximum absolute atomic E-state index is 12.9. The Bertz CT molecular complexity index is 903. The molecule has 0 spiro atoms. The molecule has 24 heavy (non-hydrogen) atoms. The van der Waals surface area contributed by atoms with E-state index in [9.17, 15) is 13.2 Å². The molecule has 0 atom stereocenters. The first kappa shape index (κ1) is 17.4. The van der Waals surface area contributed by atoms with Crippen LogP contribution in [0.3, 0.4) is 0 Å². The van der Waals surface area contributed by atoms with Gasteiger partial charge in [-0.05, 0) is 29.8 Å². The summed E-state index contributed by atoms with van der Waals surface area (Å²) in [7, 11) is 0. The van der Waals surface area contributed by atoms with Gasteiger partial charge in [0.1, 0.15) is 17.8 Å². The summed E-state index contributed by atoms with van der Waals surface area (Å²) < 4.78 is 40.2. The lowest BCUT2D eigenvalue weighted by Crippen LogP contribution is -2.16. The minimum atomic E-state index is -4.39. The highest BCUT2D eigenvalue weighted by molar-refractivity contribution is 6.44. The molecule has 0 radical (unpaired) electrons. The van der Waals surface area contributed by atoms with Gasteiger partial charge in [0.05, 0.1) is 15.6 Å². The van der Waals surface area contributed by atoms with Crippen LogP contribution in [-0.4, -0.2) is 15.7 Å². The smallest absolute Gasteiger partial charge is 0.323 e. The molecule has 2 nitrogen and oxygen atoms in total. The van der Waals surface area contributed by atoms with Gasteiger partial charge in [0.25, 0.3) is 0 Å². The molecule has 0 saturated carbocycles. The van der Waals surface area contributed by atoms with Crippen molar-refractivity contribution in [2.45, 2.75) is 19.1 Å². The minimum Gasteiger partial charge on any atom is -0.323 e. The predicted molar refractivity (Wildman–Crippen MR) is 90.1 cm³/mol. The second-order valence-electron chi connectivity index (χ2n) is 5.27. The number of fused-ring (bicyclic) bond motifs is 1. The molecule has 0 aliphatic heterocycles. The maximum Gasteiger partial charge on any atom is 0.396 e. The third-order valence-corrected chi connectivity index (χ3v) is 4.51. The number of imidazole rings is 1. The van der Waals surface area contributed by atoms with E-state index in [-0.39, 0.29) is 27.9 Å². The van der Waals surface area contributed by atoms with Gasteiger partial charge < -0.3 is 4.57 Å². The van der Waals surface area contributed by atoms with Crippen LogP contribution in [0.25, 0.3) is 11.0 Å². The zero-order valence-electron chi connectivity index (χ0n) is 12.0. The maximum atomic E-state index is 12.9. The SMILES string of the molecule is FC(F)(F)Cc1nc2c(Cl)c(Cl)ccc2n1Cc1cccc(Cl)c1. The molecule has 0 fully saturated rings. The van der Waals surface area contributed by atoms with Gasteiger partial charge in [-0.15, -0.1) is 0 Å². The Morgan fingerprint density at radius 3 is 2.46 bits per heavy atom. The van der Waals surface area contributed by atoms with E-state index in [0.717, 1.165) is 5.56 Å². The molecule has 8 heteroatoms.